The fraction of sp³-hybridized carbons (Fsp3) is 0.750. The summed E-state index contributed by atoms with van der Waals surface area (Å²) in [6.45, 7) is 5.12. The lowest BCUT2D eigenvalue weighted by molar-refractivity contribution is -0.170. The van der Waals surface area contributed by atoms with Crippen molar-refractivity contribution in [3.63, 3.8) is 0 Å². The molecule has 0 N–H and O–H groups in total. The van der Waals surface area contributed by atoms with E-state index in [9.17, 15) is 14.4 Å². The van der Waals surface area contributed by atoms with Crippen LogP contribution >= 0.6 is 11.6 Å². The highest BCUT2D eigenvalue weighted by Crippen LogP contribution is 2.20. The van der Waals surface area contributed by atoms with Crippen LogP contribution in [0, 0.1) is 11.8 Å². The van der Waals surface area contributed by atoms with Crippen molar-refractivity contribution in [3.8, 4) is 0 Å². The van der Waals surface area contributed by atoms with E-state index in [1.54, 1.807) is 20.8 Å². The summed E-state index contributed by atoms with van der Waals surface area (Å²) in [5.74, 6) is -5.12. The standard InChI is InChI=1S/C12H19ClO6/c1-4-17-10(14)8(7-13)9(11(15)18-5-2)12(16)19-6-3/h8-9H,4-7H2,1-3H3. The van der Waals surface area contributed by atoms with E-state index in [4.69, 9.17) is 25.8 Å². The smallest absolute Gasteiger partial charge is 0.321 e. The SMILES string of the molecule is CCOC(=O)C(CCl)C(C(=O)OCC)C(=O)OCC. The summed E-state index contributed by atoms with van der Waals surface area (Å²) in [6.07, 6.45) is 0. The van der Waals surface area contributed by atoms with E-state index in [-0.39, 0.29) is 25.7 Å². The summed E-state index contributed by atoms with van der Waals surface area (Å²) in [5.41, 5.74) is 0. The maximum Gasteiger partial charge on any atom is 0.321 e. The molecule has 0 heterocycles. The van der Waals surface area contributed by atoms with Gasteiger partial charge in [0.2, 0.25) is 0 Å². The molecular weight excluding hydrogens is 276 g/mol. The minimum atomic E-state index is -1.39. The minimum Gasteiger partial charge on any atom is -0.466 e. The number of ether oxygens (including phenoxy) is 3. The van der Waals surface area contributed by atoms with Gasteiger partial charge in [0.15, 0.2) is 5.92 Å². The molecule has 6 nitrogen and oxygen atoms in total. The summed E-state index contributed by atoms with van der Waals surface area (Å²) in [5, 5.41) is 0. The number of halogens is 1. The van der Waals surface area contributed by atoms with Gasteiger partial charge in [-0.2, -0.15) is 0 Å². The van der Waals surface area contributed by atoms with Gasteiger partial charge in [0.05, 0.1) is 25.7 Å². The van der Waals surface area contributed by atoms with E-state index < -0.39 is 29.7 Å². The van der Waals surface area contributed by atoms with Gasteiger partial charge in [-0.25, -0.2) is 0 Å². The molecule has 1 unspecified atom stereocenters. The Balaban J connectivity index is 5.11. The third-order valence-corrected chi connectivity index (χ3v) is 2.57. The molecule has 0 spiro atoms. The summed E-state index contributed by atoms with van der Waals surface area (Å²) in [4.78, 5) is 35.3. The Labute approximate surface area is 117 Å². The molecule has 0 saturated carbocycles. The van der Waals surface area contributed by atoms with Crippen LogP contribution in [-0.2, 0) is 28.6 Å². The first kappa shape index (κ1) is 17.7. The van der Waals surface area contributed by atoms with Gasteiger partial charge in [-0.15, -0.1) is 11.6 Å². The highest BCUT2D eigenvalue weighted by Gasteiger charge is 2.42. The molecule has 1 atom stereocenters. The monoisotopic (exact) mass is 294 g/mol. The van der Waals surface area contributed by atoms with Gasteiger partial charge in [0.25, 0.3) is 0 Å². The van der Waals surface area contributed by atoms with E-state index in [1.165, 1.54) is 0 Å². The Hall–Kier alpha value is -1.30. The van der Waals surface area contributed by atoms with Crippen molar-refractivity contribution >= 4 is 29.5 Å². The summed E-state index contributed by atoms with van der Waals surface area (Å²) in [7, 11) is 0. The van der Waals surface area contributed by atoms with Crippen molar-refractivity contribution in [2.24, 2.45) is 11.8 Å². The normalized spacial score (nSPS) is 11.8. The van der Waals surface area contributed by atoms with Crippen LogP contribution in [0.1, 0.15) is 20.8 Å². The summed E-state index contributed by atoms with van der Waals surface area (Å²) in [6, 6.07) is 0. The summed E-state index contributed by atoms with van der Waals surface area (Å²) < 4.78 is 14.3. The molecule has 0 rings (SSSR count). The van der Waals surface area contributed by atoms with E-state index in [1.807, 2.05) is 0 Å². The Morgan fingerprint density at radius 2 is 1.21 bits per heavy atom. The molecule has 110 valence electrons. The average Bonchev–Trinajstić information content (AvgIpc) is 2.36. The second-order valence-corrected chi connectivity index (χ2v) is 3.80. The van der Waals surface area contributed by atoms with Gasteiger partial charge in [0, 0.05) is 5.88 Å². The first-order valence-corrected chi connectivity index (χ1v) is 6.62. The zero-order chi connectivity index (χ0) is 14.8. The molecule has 0 aliphatic heterocycles. The predicted molar refractivity (Wildman–Crippen MR) is 67.6 cm³/mol. The molecule has 19 heavy (non-hydrogen) atoms. The van der Waals surface area contributed by atoms with E-state index in [0.717, 1.165) is 0 Å². The number of esters is 3. The topological polar surface area (TPSA) is 78.9 Å². The van der Waals surface area contributed by atoms with Crippen LogP contribution in [0.4, 0.5) is 0 Å². The van der Waals surface area contributed by atoms with Crippen molar-refractivity contribution < 1.29 is 28.6 Å². The molecule has 0 radical (unpaired) electrons. The van der Waals surface area contributed by atoms with Crippen LogP contribution in [0.2, 0.25) is 0 Å². The Kier molecular flexibility index (Phi) is 8.95. The molecule has 0 amide bonds. The average molecular weight is 295 g/mol. The number of carbonyl (C=O) groups is 3. The molecule has 0 aromatic rings. The van der Waals surface area contributed by atoms with Crippen molar-refractivity contribution in [1.82, 2.24) is 0 Å². The molecule has 0 bridgehead atoms. The lowest BCUT2D eigenvalue weighted by Gasteiger charge is -2.20. The lowest BCUT2D eigenvalue weighted by atomic mass is 9.94. The molecule has 0 saturated heterocycles. The largest absolute Gasteiger partial charge is 0.466 e. The molecule has 0 fully saturated rings. The van der Waals surface area contributed by atoms with Crippen LogP contribution in [0.3, 0.4) is 0 Å². The van der Waals surface area contributed by atoms with Crippen LogP contribution in [0.5, 0.6) is 0 Å². The zero-order valence-electron chi connectivity index (χ0n) is 11.3. The van der Waals surface area contributed by atoms with Crippen LogP contribution < -0.4 is 0 Å². The number of alkyl halides is 1. The zero-order valence-corrected chi connectivity index (χ0v) is 12.1. The van der Waals surface area contributed by atoms with Crippen LogP contribution in [-0.4, -0.2) is 43.6 Å². The van der Waals surface area contributed by atoms with E-state index >= 15 is 0 Å². The van der Waals surface area contributed by atoms with Crippen molar-refractivity contribution in [3.05, 3.63) is 0 Å². The second kappa shape index (κ2) is 9.61. The molecule has 0 aromatic carbocycles. The minimum absolute atomic E-state index is 0.0899. The van der Waals surface area contributed by atoms with Gasteiger partial charge < -0.3 is 14.2 Å². The fourth-order valence-corrected chi connectivity index (χ4v) is 1.73. The molecule has 0 aromatic heterocycles. The molecule has 0 aliphatic rings. The van der Waals surface area contributed by atoms with Crippen LogP contribution in [0.25, 0.3) is 0 Å². The van der Waals surface area contributed by atoms with Crippen molar-refractivity contribution in [2.75, 3.05) is 25.7 Å². The third kappa shape index (κ3) is 5.46. The third-order valence-electron chi connectivity index (χ3n) is 2.24. The van der Waals surface area contributed by atoms with Gasteiger partial charge >= 0.3 is 17.9 Å². The Morgan fingerprint density at radius 3 is 1.53 bits per heavy atom. The highest BCUT2D eigenvalue weighted by molar-refractivity contribution is 6.20. The number of hydrogen-bond acceptors (Lipinski definition) is 6. The maximum atomic E-state index is 11.8. The quantitative estimate of drug-likeness (QED) is 0.289. The van der Waals surface area contributed by atoms with Crippen molar-refractivity contribution in [2.45, 2.75) is 20.8 Å². The van der Waals surface area contributed by atoms with Gasteiger partial charge in [0.1, 0.15) is 0 Å². The highest BCUT2D eigenvalue weighted by atomic mass is 35.5. The van der Waals surface area contributed by atoms with Crippen LogP contribution in [0.15, 0.2) is 0 Å². The number of carbonyl (C=O) groups excluding carboxylic acids is 3. The molecular formula is C12H19ClO6. The van der Waals surface area contributed by atoms with E-state index in [2.05, 4.69) is 0 Å². The number of hydrogen-bond donors (Lipinski definition) is 0. The first-order chi connectivity index (χ1) is 9.03. The summed E-state index contributed by atoms with van der Waals surface area (Å²) >= 11 is 5.66. The predicted octanol–water partition coefficient (Wildman–Crippen LogP) is 1.15. The molecule has 0 aliphatic carbocycles. The van der Waals surface area contributed by atoms with Gasteiger partial charge in [-0.3, -0.25) is 14.4 Å². The van der Waals surface area contributed by atoms with Gasteiger partial charge in [-0.1, -0.05) is 0 Å². The van der Waals surface area contributed by atoms with Crippen molar-refractivity contribution in [1.29, 1.82) is 0 Å². The fourth-order valence-electron chi connectivity index (χ4n) is 1.43. The van der Waals surface area contributed by atoms with E-state index in [0.29, 0.717) is 0 Å². The molecule has 7 heteroatoms. The maximum absolute atomic E-state index is 11.8. The first-order valence-electron chi connectivity index (χ1n) is 6.09. The Bertz CT molecular complexity index is 299. The second-order valence-electron chi connectivity index (χ2n) is 3.49. The lowest BCUT2D eigenvalue weighted by Crippen LogP contribution is -2.40. The van der Waals surface area contributed by atoms with Gasteiger partial charge in [-0.05, 0) is 20.8 Å². The Morgan fingerprint density at radius 1 is 0.842 bits per heavy atom. The number of rotatable bonds is 8.